The number of hydrogen-bond donors (Lipinski definition) is 2. The Morgan fingerprint density at radius 1 is 1.00 bits per heavy atom. The number of esters is 1. The maximum absolute atomic E-state index is 12.4. The highest BCUT2D eigenvalue weighted by Gasteiger charge is 2.11. The van der Waals surface area contributed by atoms with Crippen molar-refractivity contribution in [1.82, 2.24) is 5.32 Å². The molecule has 2 N–H and O–H groups in total. The Kier molecular flexibility index (Phi) is 6.83. The van der Waals surface area contributed by atoms with E-state index in [0.29, 0.717) is 24.2 Å². The first-order valence-electron chi connectivity index (χ1n) is 7.99. The lowest BCUT2D eigenvalue weighted by molar-refractivity contribution is -0.140. The van der Waals surface area contributed by atoms with E-state index >= 15 is 0 Å². The molecule has 0 fully saturated rings. The highest BCUT2D eigenvalue weighted by atomic mass is 16.5. The standard InChI is InChI=1S/C19H22N2O4/c1-24-15-11-9-14(10-12-15)21-17-7-4-3-6-16(17)19(23)20-13-5-8-18(22)25-2/h3-4,6-7,9-12,21H,5,8,13H2,1-2H3,(H,20,23). The Morgan fingerprint density at radius 2 is 1.72 bits per heavy atom. The molecule has 0 saturated heterocycles. The van der Waals surface area contributed by atoms with Crippen molar-refractivity contribution in [2.45, 2.75) is 12.8 Å². The van der Waals surface area contributed by atoms with Crippen LogP contribution >= 0.6 is 0 Å². The van der Waals surface area contributed by atoms with E-state index in [1.165, 1.54) is 7.11 Å². The number of para-hydroxylation sites is 1. The summed E-state index contributed by atoms with van der Waals surface area (Å²) in [4.78, 5) is 23.5. The predicted octanol–water partition coefficient (Wildman–Crippen LogP) is 3.12. The normalized spacial score (nSPS) is 10.0. The average molecular weight is 342 g/mol. The van der Waals surface area contributed by atoms with Gasteiger partial charge in [-0.2, -0.15) is 0 Å². The molecule has 0 radical (unpaired) electrons. The molecule has 0 unspecified atom stereocenters. The zero-order valence-corrected chi connectivity index (χ0v) is 14.4. The molecule has 132 valence electrons. The third kappa shape index (κ3) is 5.53. The number of nitrogens with one attached hydrogen (secondary N) is 2. The highest BCUT2D eigenvalue weighted by Crippen LogP contribution is 2.22. The monoisotopic (exact) mass is 342 g/mol. The van der Waals surface area contributed by atoms with Crippen molar-refractivity contribution in [2.24, 2.45) is 0 Å². The van der Waals surface area contributed by atoms with Crippen molar-refractivity contribution in [3.8, 4) is 5.75 Å². The van der Waals surface area contributed by atoms with Crippen LogP contribution in [0.5, 0.6) is 5.75 Å². The molecule has 2 rings (SSSR count). The van der Waals surface area contributed by atoms with Crippen LogP contribution in [0.1, 0.15) is 23.2 Å². The van der Waals surface area contributed by atoms with Crippen LogP contribution in [-0.2, 0) is 9.53 Å². The highest BCUT2D eigenvalue weighted by molar-refractivity contribution is 6.00. The van der Waals surface area contributed by atoms with Crippen LogP contribution in [0, 0.1) is 0 Å². The van der Waals surface area contributed by atoms with Gasteiger partial charge >= 0.3 is 5.97 Å². The van der Waals surface area contributed by atoms with E-state index in [1.54, 1.807) is 13.2 Å². The molecular weight excluding hydrogens is 320 g/mol. The van der Waals surface area contributed by atoms with Crippen molar-refractivity contribution >= 4 is 23.3 Å². The summed E-state index contributed by atoms with van der Waals surface area (Å²) < 4.78 is 9.71. The van der Waals surface area contributed by atoms with Crippen LogP contribution in [0.25, 0.3) is 0 Å². The first-order valence-corrected chi connectivity index (χ1v) is 7.99. The SMILES string of the molecule is COC(=O)CCCNC(=O)c1ccccc1Nc1ccc(OC)cc1. The summed E-state index contributed by atoms with van der Waals surface area (Å²) in [7, 11) is 2.96. The van der Waals surface area contributed by atoms with Gasteiger partial charge in [0.05, 0.1) is 25.5 Å². The van der Waals surface area contributed by atoms with Gasteiger partial charge in [0.1, 0.15) is 5.75 Å². The van der Waals surface area contributed by atoms with Crippen molar-refractivity contribution in [3.05, 3.63) is 54.1 Å². The predicted molar refractivity (Wildman–Crippen MR) is 96.3 cm³/mol. The lowest BCUT2D eigenvalue weighted by Gasteiger charge is -2.12. The van der Waals surface area contributed by atoms with E-state index in [-0.39, 0.29) is 18.3 Å². The molecule has 25 heavy (non-hydrogen) atoms. The minimum absolute atomic E-state index is 0.193. The summed E-state index contributed by atoms with van der Waals surface area (Å²) >= 11 is 0. The summed E-state index contributed by atoms with van der Waals surface area (Å²) in [5.41, 5.74) is 2.10. The van der Waals surface area contributed by atoms with Crippen LogP contribution in [0.3, 0.4) is 0 Å². The molecule has 1 amide bonds. The maximum atomic E-state index is 12.4. The quantitative estimate of drug-likeness (QED) is 0.569. The van der Waals surface area contributed by atoms with Gasteiger partial charge in [0.2, 0.25) is 0 Å². The van der Waals surface area contributed by atoms with E-state index in [9.17, 15) is 9.59 Å². The van der Waals surface area contributed by atoms with E-state index in [2.05, 4.69) is 15.4 Å². The Labute approximate surface area is 147 Å². The number of methoxy groups -OCH3 is 2. The fourth-order valence-corrected chi connectivity index (χ4v) is 2.25. The van der Waals surface area contributed by atoms with Gasteiger partial charge in [-0.05, 0) is 42.8 Å². The molecule has 2 aromatic carbocycles. The van der Waals surface area contributed by atoms with Gasteiger partial charge in [0.25, 0.3) is 5.91 Å². The molecule has 6 heteroatoms. The summed E-state index contributed by atoms with van der Waals surface area (Å²) in [6.07, 6.45) is 0.814. The number of rotatable bonds is 8. The summed E-state index contributed by atoms with van der Waals surface area (Å²) in [6, 6.07) is 14.7. The van der Waals surface area contributed by atoms with Gasteiger partial charge in [0, 0.05) is 18.7 Å². The van der Waals surface area contributed by atoms with Gasteiger partial charge in [-0.15, -0.1) is 0 Å². The van der Waals surface area contributed by atoms with Crippen molar-refractivity contribution in [1.29, 1.82) is 0 Å². The molecule has 0 aliphatic rings. The van der Waals surface area contributed by atoms with Gasteiger partial charge in [-0.1, -0.05) is 12.1 Å². The molecule has 0 aliphatic carbocycles. The zero-order valence-electron chi connectivity index (χ0n) is 14.4. The largest absolute Gasteiger partial charge is 0.497 e. The smallest absolute Gasteiger partial charge is 0.305 e. The molecule has 2 aromatic rings. The number of hydrogen-bond acceptors (Lipinski definition) is 5. The van der Waals surface area contributed by atoms with Crippen molar-refractivity contribution in [2.75, 3.05) is 26.1 Å². The average Bonchev–Trinajstić information content (AvgIpc) is 2.65. The third-order valence-corrected chi connectivity index (χ3v) is 3.61. The summed E-state index contributed by atoms with van der Waals surface area (Å²) in [5, 5.41) is 6.05. The molecule has 0 aliphatic heterocycles. The molecule has 0 spiro atoms. The molecule has 0 aromatic heterocycles. The fraction of sp³-hybridized carbons (Fsp3) is 0.263. The van der Waals surface area contributed by atoms with Crippen LogP contribution in [0.4, 0.5) is 11.4 Å². The first-order chi connectivity index (χ1) is 12.1. The molecule has 0 heterocycles. The van der Waals surface area contributed by atoms with E-state index in [0.717, 1.165) is 11.4 Å². The van der Waals surface area contributed by atoms with Crippen molar-refractivity contribution in [3.63, 3.8) is 0 Å². The van der Waals surface area contributed by atoms with Crippen molar-refractivity contribution < 1.29 is 19.1 Å². The second-order valence-electron chi connectivity index (χ2n) is 5.33. The number of anilines is 2. The molecule has 0 bridgehead atoms. The summed E-state index contributed by atoms with van der Waals surface area (Å²) in [6.45, 7) is 0.408. The molecule has 0 atom stereocenters. The van der Waals surface area contributed by atoms with Crippen LogP contribution in [-0.4, -0.2) is 32.6 Å². The maximum Gasteiger partial charge on any atom is 0.305 e. The molecule has 0 saturated carbocycles. The summed E-state index contributed by atoms with van der Waals surface area (Å²) in [5.74, 6) is 0.291. The molecular formula is C19H22N2O4. The first kappa shape index (κ1) is 18.3. The second-order valence-corrected chi connectivity index (χ2v) is 5.33. The number of ether oxygens (including phenoxy) is 2. The minimum atomic E-state index is -0.282. The van der Waals surface area contributed by atoms with Gasteiger partial charge in [-0.3, -0.25) is 9.59 Å². The number of amides is 1. The molecule has 6 nitrogen and oxygen atoms in total. The topological polar surface area (TPSA) is 76.7 Å². The van der Waals surface area contributed by atoms with Gasteiger partial charge in [-0.25, -0.2) is 0 Å². The van der Waals surface area contributed by atoms with Gasteiger partial charge in [0.15, 0.2) is 0 Å². The van der Waals surface area contributed by atoms with Crippen LogP contribution in [0.15, 0.2) is 48.5 Å². The Bertz CT molecular complexity index is 714. The minimum Gasteiger partial charge on any atom is -0.497 e. The number of carbonyl (C=O) groups excluding carboxylic acids is 2. The Morgan fingerprint density at radius 3 is 2.40 bits per heavy atom. The Hall–Kier alpha value is -3.02. The Balaban J connectivity index is 1.98. The number of benzene rings is 2. The zero-order chi connectivity index (χ0) is 18.1. The fourth-order valence-electron chi connectivity index (χ4n) is 2.25. The van der Waals surface area contributed by atoms with Crippen LogP contribution in [0.2, 0.25) is 0 Å². The van der Waals surface area contributed by atoms with Gasteiger partial charge < -0.3 is 20.1 Å². The number of carbonyl (C=O) groups is 2. The second kappa shape index (κ2) is 9.32. The lowest BCUT2D eigenvalue weighted by atomic mass is 10.1. The van der Waals surface area contributed by atoms with Crippen LogP contribution < -0.4 is 15.4 Å². The third-order valence-electron chi connectivity index (χ3n) is 3.61. The van der Waals surface area contributed by atoms with E-state index in [4.69, 9.17) is 4.74 Å². The lowest BCUT2D eigenvalue weighted by Crippen LogP contribution is -2.25. The van der Waals surface area contributed by atoms with E-state index in [1.807, 2.05) is 42.5 Å². The van der Waals surface area contributed by atoms with E-state index < -0.39 is 0 Å².